The van der Waals surface area contributed by atoms with Gasteiger partial charge in [0.25, 0.3) is 5.91 Å². The molecule has 0 aromatic heterocycles. The summed E-state index contributed by atoms with van der Waals surface area (Å²) < 4.78 is 13.8. The molecule has 0 atom stereocenters. The normalized spacial score (nSPS) is 10.3. The first-order valence-electron chi connectivity index (χ1n) is 7.55. The maximum atomic E-state index is 13.8. The molecular weight excluding hydrogens is 321 g/mol. The number of halogens is 1. The zero-order chi connectivity index (χ0) is 17.8. The van der Waals surface area contributed by atoms with Gasteiger partial charge in [-0.15, -0.1) is 0 Å². The number of hydrogen-bond donors (Lipinski definition) is 2. The van der Waals surface area contributed by atoms with Crippen LogP contribution in [0.2, 0.25) is 0 Å². The first-order valence-corrected chi connectivity index (χ1v) is 7.55. The predicted molar refractivity (Wildman–Crippen MR) is 93.2 cm³/mol. The minimum absolute atomic E-state index is 0.0654. The van der Waals surface area contributed by atoms with E-state index >= 15 is 0 Å². The van der Waals surface area contributed by atoms with Crippen LogP contribution in [0, 0.1) is 5.82 Å². The number of aromatic carboxylic acids is 1. The Balaban J connectivity index is 2.00. The van der Waals surface area contributed by atoms with Crippen LogP contribution in [-0.2, 0) is 0 Å². The number of amides is 1. The van der Waals surface area contributed by atoms with E-state index < -0.39 is 17.7 Å². The van der Waals surface area contributed by atoms with E-state index in [9.17, 15) is 19.1 Å². The van der Waals surface area contributed by atoms with Crippen molar-refractivity contribution in [2.24, 2.45) is 0 Å². The van der Waals surface area contributed by atoms with Crippen LogP contribution in [0.15, 0.2) is 72.8 Å². The molecule has 3 aromatic carbocycles. The van der Waals surface area contributed by atoms with E-state index in [2.05, 4.69) is 5.32 Å². The summed E-state index contributed by atoms with van der Waals surface area (Å²) in [6.07, 6.45) is 0. The van der Waals surface area contributed by atoms with Gasteiger partial charge in [-0.05, 0) is 35.4 Å². The molecule has 0 unspecified atom stereocenters. The third-order valence-corrected chi connectivity index (χ3v) is 3.72. The molecule has 2 N–H and O–H groups in total. The summed E-state index contributed by atoms with van der Waals surface area (Å²) in [6, 6.07) is 19.5. The summed E-state index contributed by atoms with van der Waals surface area (Å²) >= 11 is 0. The molecule has 25 heavy (non-hydrogen) atoms. The highest BCUT2D eigenvalue weighted by Gasteiger charge is 2.16. The van der Waals surface area contributed by atoms with Gasteiger partial charge >= 0.3 is 5.97 Å². The SMILES string of the molecule is O=C(Nc1cc(-c2ccccc2)ccc1C(=O)O)c1ccccc1F. The zero-order valence-electron chi connectivity index (χ0n) is 13.1. The van der Waals surface area contributed by atoms with E-state index in [1.807, 2.05) is 30.3 Å². The Labute approximate surface area is 143 Å². The second kappa shape index (κ2) is 6.97. The Hall–Kier alpha value is -3.47. The van der Waals surface area contributed by atoms with Crippen molar-refractivity contribution in [3.63, 3.8) is 0 Å². The highest BCUT2D eigenvalue weighted by Crippen LogP contribution is 2.26. The average Bonchev–Trinajstić information content (AvgIpc) is 2.62. The van der Waals surface area contributed by atoms with Gasteiger partial charge in [-0.3, -0.25) is 4.79 Å². The van der Waals surface area contributed by atoms with Crippen LogP contribution < -0.4 is 5.32 Å². The van der Waals surface area contributed by atoms with Gasteiger partial charge < -0.3 is 10.4 Å². The fourth-order valence-electron chi connectivity index (χ4n) is 2.48. The minimum atomic E-state index is -1.18. The van der Waals surface area contributed by atoms with Crippen molar-refractivity contribution in [2.75, 3.05) is 5.32 Å². The first-order chi connectivity index (χ1) is 12.1. The summed E-state index contributed by atoms with van der Waals surface area (Å²) in [4.78, 5) is 23.7. The molecule has 0 spiro atoms. The van der Waals surface area contributed by atoms with Crippen LogP contribution in [0.3, 0.4) is 0 Å². The van der Waals surface area contributed by atoms with Gasteiger partial charge in [0.2, 0.25) is 0 Å². The monoisotopic (exact) mass is 335 g/mol. The lowest BCUT2D eigenvalue weighted by Gasteiger charge is -2.11. The number of anilines is 1. The largest absolute Gasteiger partial charge is 0.478 e. The number of hydrogen-bond acceptors (Lipinski definition) is 2. The fourth-order valence-corrected chi connectivity index (χ4v) is 2.48. The highest BCUT2D eigenvalue weighted by molar-refractivity contribution is 6.08. The van der Waals surface area contributed by atoms with Crippen molar-refractivity contribution in [1.29, 1.82) is 0 Å². The second-order valence-corrected chi connectivity index (χ2v) is 5.37. The summed E-state index contributed by atoms with van der Waals surface area (Å²) in [5.74, 6) is -2.55. The van der Waals surface area contributed by atoms with Crippen LogP contribution in [0.25, 0.3) is 11.1 Å². The fraction of sp³-hybridized carbons (Fsp3) is 0. The number of rotatable bonds is 4. The summed E-state index contributed by atoms with van der Waals surface area (Å²) in [5, 5.41) is 11.8. The van der Waals surface area contributed by atoms with E-state index in [0.29, 0.717) is 0 Å². The van der Waals surface area contributed by atoms with Crippen LogP contribution in [0.4, 0.5) is 10.1 Å². The molecule has 5 heteroatoms. The first kappa shape index (κ1) is 16.4. The Bertz CT molecular complexity index is 939. The van der Waals surface area contributed by atoms with Gasteiger partial charge in [-0.2, -0.15) is 0 Å². The highest BCUT2D eigenvalue weighted by atomic mass is 19.1. The van der Waals surface area contributed by atoms with Gasteiger partial charge in [0.15, 0.2) is 0 Å². The molecule has 4 nitrogen and oxygen atoms in total. The van der Waals surface area contributed by atoms with Crippen LogP contribution >= 0.6 is 0 Å². The van der Waals surface area contributed by atoms with Crippen molar-refractivity contribution < 1.29 is 19.1 Å². The quantitative estimate of drug-likeness (QED) is 0.740. The van der Waals surface area contributed by atoms with Crippen molar-refractivity contribution in [3.05, 3.63) is 89.7 Å². The molecular formula is C20H14FNO3. The van der Waals surface area contributed by atoms with Crippen molar-refractivity contribution in [3.8, 4) is 11.1 Å². The molecule has 1 amide bonds. The lowest BCUT2D eigenvalue weighted by atomic mass is 10.0. The molecule has 0 fully saturated rings. The molecule has 0 aliphatic heterocycles. The molecule has 0 aliphatic carbocycles. The summed E-state index contributed by atoms with van der Waals surface area (Å²) in [7, 11) is 0. The lowest BCUT2D eigenvalue weighted by Crippen LogP contribution is -2.16. The predicted octanol–water partition coefficient (Wildman–Crippen LogP) is 4.44. The van der Waals surface area contributed by atoms with Crippen LogP contribution in [0.5, 0.6) is 0 Å². The van der Waals surface area contributed by atoms with Crippen LogP contribution in [-0.4, -0.2) is 17.0 Å². The number of nitrogens with one attached hydrogen (secondary N) is 1. The molecule has 3 rings (SSSR count). The van der Waals surface area contributed by atoms with Crippen molar-refractivity contribution in [1.82, 2.24) is 0 Å². The minimum Gasteiger partial charge on any atom is -0.478 e. The molecule has 124 valence electrons. The van der Waals surface area contributed by atoms with Crippen molar-refractivity contribution in [2.45, 2.75) is 0 Å². The Morgan fingerprint density at radius 2 is 1.48 bits per heavy atom. The number of benzene rings is 3. The molecule has 0 saturated carbocycles. The van der Waals surface area contributed by atoms with Crippen LogP contribution in [0.1, 0.15) is 20.7 Å². The third kappa shape index (κ3) is 3.55. The smallest absolute Gasteiger partial charge is 0.337 e. The number of carboxylic acids is 1. The van der Waals surface area contributed by atoms with Gasteiger partial charge in [0.1, 0.15) is 5.82 Å². The molecule has 0 aliphatic rings. The molecule has 0 radical (unpaired) electrons. The van der Waals surface area contributed by atoms with Crippen molar-refractivity contribution >= 4 is 17.6 Å². The maximum Gasteiger partial charge on any atom is 0.337 e. The van der Waals surface area contributed by atoms with E-state index in [0.717, 1.165) is 11.1 Å². The van der Waals surface area contributed by atoms with Gasteiger partial charge in [0.05, 0.1) is 16.8 Å². The topological polar surface area (TPSA) is 66.4 Å². The maximum absolute atomic E-state index is 13.8. The molecule has 0 heterocycles. The molecule has 0 saturated heterocycles. The Morgan fingerprint density at radius 3 is 2.16 bits per heavy atom. The van der Waals surface area contributed by atoms with E-state index in [4.69, 9.17) is 0 Å². The molecule has 0 bridgehead atoms. The number of carbonyl (C=O) groups is 2. The summed E-state index contributed by atoms with van der Waals surface area (Å²) in [5.41, 5.74) is 1.52. The van der Waals surface area contributed by atoms with E-state index in [-0.39, 0.29) is 16.8 Å². The Morgan fingerprint density at radius 1 is 0.800 bits per heavy atom. The van der Waals surface area contributed by atoms with E-state index in [1.165, 1.54) is 30.3 Å². The number of carboxylic acid groups (broad SMARTS) is 1. The Kier molecular flexibility index (Phi) is 4.57. The standard InChI is InChI=1S/C20H14FNO3/c21-17-9-5-4-8-15(17)19(23)22-18-12-14(10-11-16(18)20(24)25)13-6-2-1-3-7-13/h1-12H,(H,22,23)(H,24,25). The summed E-state index contributed by atoms with van der Waals surface area (Å²) in [6.45, 7) is 0. The van der Waals surface area contributed by atoms with E-state index in [1.54, 1.807) is 12.1 Å². The number of carbonyl (C=O) groups excluding carboxylic acids is 1. The second-order valence-electron chi connectivity index (χ2n) is 5.37. The molecule has 3 aromatic rings. The average molecular weight is 335 g/mol. The lowest BCUT2D eigenvalue weighted by molar-refractivity contribution is 0.0698. The third-order valence-electron chi connectivity index (χ3n) is 3.72. The van der Waals surface area contributed by atoms with Gasteiger partial charge in [0, 0.05) is 0 Å². The zero-order valence-corrected chi connectivity index (χ0v) is 13.1. The van der Waals surface area contributed by atoms with Gasteiger partial charge in [-0.25, -0.2) is 9.18 Å². The van der Waals surface area contributed by atoms with Gasteiger partial charge in [-0.1, -0.05) is 48.5 Å².